The number of ether oxygens (including phenoxy) is 1. The van der Waals surface area contributed by atoms with E-state index in [4.69, 9.17) is 10.00 Å². The molecule has 9 nitrogen and oxygen atoms in total. The molecule has 4 rings (SSSR count). The van der Waals surface area contributed by atoms with Gasteiger partial charge in [-0.05, 0) is 54.8 Å². The van der Waals surface area contributed by atoms with Crippen molar-refractivity contribution in [1.29, 1.82) is 10.5 Å². The van der Waals surface area contributed by atoms with Crippen LogP contribution in [0.5, 0.6) is 11.6 Å². The summed E-state index contributed by atoms with van der Waals surface area (Å²) in [5, 5.41) is 21.8. The average Bonchev–Trinajstić information content (AvgIpc) is 2.88. The first kappa shape index (κ1) is 27.0. The minimum absolute atomic E-state index is 0.0240. The molecule has 11 heteroatoms. The zero-order chi connectivity index (χ0) is 27.4. The highest BCUT2D eigenvalue weighted by molar-refractivity contribution is 7.88. The largest absolute Gasteiger partial charge is 0.436 e. The average molecular weight is 535 g/mol. The highest BCUT2D eigenvalue weighted by Gasteiger charge is 2.23. The monoisotopic (exact) mass is 534 g/mol. The second-order valence-corrected chi connectivity index (χ2v) is 11.2. The van der Waals surface area contributed by atoms with Crippen molar-refractivity contribution < 1.29 is 17.5 Å². The van der Waals surface area contributed by atoms with Gasteiger partial charge in [0.2, 0.25) is 10.0 Å². The highest BCUT2D eigenvalue weighted by Crippen LogP contribution is 2.32. The van der Waals surface area contributed by atoms with Crippen LogP contribution in [0.1, 0.15) is 27.8 Å². The van der Waals surface area contributed by atoms with Crippen LogP contribution < -0.4 is 10.1 Å². The number of rotatable bonds is 7. The molecule has 2 heterocycles. The second-order valence-electron chi connectivity index (χ2n) is 9.20. The summed E-state index contributed by atoms with van der Waals surface area (Å²) >= 11 is 0. The molecule has 38 heavy (non-hydrogen) atoms. The van der Waals surface area contributed by atoms with E-state index < -0.39 is 15.8 Å². The fraction of sp³-hybridized carbons (Fsp3) is 0.296. The molecule has 0 spiro atoms. The van der Waals surface area contributed by atoms with Crippen LogP contribution in [0.4, 0.5) is 15.9 Å². The van der Waals surface area contributed by atoms with Crippen LogP contribution in [-0.4, -0.2) is 55.0 Å². The molecule has 0 saturated carbocycles. The maximum atomic E-state index is 14.8. The van der Waals surface area contributed by atoms with E-state index in [0.717, 1.165) is 11.6 Å². The Morgan fingerprint density at radius 2 is 1.66 bits per heavy atom. The van der Waals surface area contributed by atoms with Gasteiger partial charge in [0, 0.05) is 44.5 Å². The van der Waals surface area contributed by atoms with Crippen LogP contribution in [0.2, 0.25) is 0 Å². The molecule has 0 amide bonds. The normalized spacial score (nSPS) is 14.5. The second kappa shape index (κ2) is 11.2. The first-order chi connectivity index (χ1) is 18.1. The predicted molar refractivity (Wildman–Crippen MR) is 141 cm³/mol. The summed E-state index contributed by atoms with van der Waals surface area (Å²) in [5.74, 6) is -0.515. The number of anilines is 2. The van der Waals surface area contributed by atoms with Gasteiger partial charge in [0.25, 0.3) is 5.88 Å². The third kappa shape index (κ3) is 6.26. The Hall–Kier alpha value is -4.03. The minimum atomic E-state index is -3.17. The molecule has 196 valence electrons. The van der Waals surface area contributed by atoms with Gasteiger partial charge >= 0.3 is 0 Å². The summed E-state index contributed by atoms with van der Waals surface area (Å²) in [6, 6.07) is 15.9. The smallest absolute Gasteiger partial charge is 0.258 e. The first-order valence-corrected chi connectivity index (χ1v) is 13.8. The molecule has 0 radical (unpaired) electrons. The Kier molecular flexibility index (Phi) is 7.93. The topological polar surface area (TPSA) is 122 Å². The summed E-state index contributed by atoms with van der Waals surface area (Å²) in [4.78, 5) is 6.43. The van der Waals surface area contributed by atoms with Crippen molar-refractivity contribution in [1.82, 2.24) is 14.2 Å². The SMILES string of the molecule is Cc1cc(C#N)cc(C)c1Oc1nc(Nc2ccc(CN3CCN(S(C)(=O)=O)CC3)cc2)c(C#N)cc1F. The molecule has 0 bridgehead atoms. The number of aryl methyl sites for hydroxylation is 2. The number of hydrogen-bond acceptors (Lipinski definition) is 8. The Labute approximate surface area is 221 Å². The van der Waals surface area contributed by atoms with E-state index in [1.165, 1.54) is 10.6 Å². The fourth-order valence-corrected chi connectivity index (χ4v) is 5.13. The third-order valence-corrected chi connectivity index (χ3v) is 7.58. The Morgan fingerprint density at radius 3 is 2.21 bits per heavy atom. The molecule has 1 aliphatic heterocycles. The van der Waals surface area contributed by atoms with E-state index in [9.17, 15) is 18.1 Å². The van der Waals surface area contributed by atoms with Crippen LogP contribution in [0, 0.1) is 42.3 Å². The van der Waals surface area contributed by atoms with Gasteiger partial charge in [0.1, 0.15) is 11.8 Å². The van der Waals surface area contributed by atoms with Gasteiger partial charge in [-0.25, -0.2) is 12.8 Å². The number of hydrogen-bond donors (Lipinski definition) is 1. The molecule has 2 aromatic carbocycles. The fourth-order valence-electron chi connectivity index (χ4n) is 4.30. The summed E-state index contributed by atoms with van der Waals surface area (Å²) in [5.41, 5.74) is 3.53. The standard InChI is InChI=1S/C27H27FN6O3S/c1-18-12-21(15-29)13-19(2)25(18)37-27-24(28)14-22(16-30)26(32-27)31-23-6-4-20(5-7-23)17-33-8-10-34(11-9-33)38(3,35)36/h4-7,12-14H,8-11,17H2,1-3H3,(H,31,32). The Bertz CT molecular complexity index is 1510. The summed E-state index contributed by atoms with van der Waals surface area (Å²) in [6.07, 6.45) is 1.23. The lowest BCUT2D eigenvalue weighted by atomic mass is 10.1. The lowest BCUT2D eigenvalue weighted by Gasteiger charge is -2.33. The van der Waals surface area contributed by atoms with Gasteiger partial charge in [0.05, 0.1) is 23.5 Å². The van der Waals surface area contributed by atoms with Crippen molar-refractivity contribution in [2.75, 3.05) is 37.8 Å². The van der Waals surface area contributed by atoms with E-state index in [1.807, 2.05) is 30.3 Å². The molecule has 3 aromatic rings. The van der Waals surface area contributed by atoms with Crippen molar-refractivity contribution in [3.05, 3.63) is 76.1 Å². The van der Waals surface area contributed by atoms with Gasteiger partial charge in [0.15, 0.2) is 11.6 Å². The number of benzene rings is 2. The first-order valence-electron chi connectivity index (χ1n) is 11.9. The van der Waals surface area contributed by atoms with Crippen molar-refractivity contribution in [2.24, 2.45) is 0 Å². The van der Waals surface area contributed by atoms with Crippen molar-refractivity contribution in [3.8, 4) is 23.8 Å². The number of nitrogens with one attached hydrogen (secondary N) is 1. The number of sulfonamides is 1. The maximum Gasteiger partial charge on any atom is 0.258 e. The van der Waals surface area contributed by atoms with Crippen LogP contribution in [0.3, 0.4) is 0 Å². The number of nitriles is 2. The van der Waals surface area contributed by atoms with Gasteiger partial charge in [-0.15, -0.1) is 0 Å². The maximum absolute atomic E-state index is 14.8. The van der Waals surface area contributed by atoms with E-state index in [2.05, 4.69) is 21.3 Å². The summed E-state index contributed by atoms with van der Waals surface area (Å²) in [7, 11) is -3.17. The molecule has 0 atom stereocenters. The quantitative estimate of drug-likeness (QED) is 0.479. The van der Waals surface area contributed by atoms with Crippen LogP contribution in [0.25, 0.3) is 0 Å². The molecular formula is C27H27FN6O3S. The number of halogens is 1. The van der Waals surface area contributed by atoms with Crippen molar-refractivity contribution in [3.63, 3.8) is 0 Å². The predicted octanol–water partition coefficient (Wildman–Crippen LogP) is 4.19. The van der Waals surface area contributed by atoms with E-state index in [1.54, 1.807) is 26.0 Å². The van der Waals surface area contributed by atoms with Crippen LogP contribution in [-0.2, 0) is 16.6 Å². The molecule has 1 fully saturated rings. The van der Waals surface area contributed by atoms with E-state index in [0.29, 0.717) is 60.9 Å². The van der Waals surface area contributed by atoms with Gasteiger partial charge < -0.3 is 10.1 Å². The lowest BCUT2D eigenvalue weighted by molar-refractivity contribution is 0.182. The Balaban J connectivity index is 1.48. The van der Waals surface area contributed by atoms with E-state index in [-0.39, 0.29) is 17.3 Å². The third-order valence-electron chi connectivity index (χ3n) is 6.28. The molecule has 1 saturated heterocycles. The van der Waals surface area contributed by atoms with Crippen molar-refractivity contribution in [2.45, 2.75) is 20.4 Å². The highest BCUT2D eigenvalue weighted by atomic mass is 32.2. The van der Waals surface area contributed by atoms with Gasteiger partial charge in [-0.2, -0.15) is 19.8 Å². The van der Waals surface area contributed by atoms with Gasteiger partial charge in [-0.3, -0.25) is 4.90 Å². The number of aromatic nitrogens is 1. The Morgan fingerprint density at radius 1 is 1.03 bits per heavy atom. The van der Waals surface area contributed by atoms with Crippen molar-refractivity contribution >= 4 is 21.5 Å². The molecular weight excluding hydrogens is 507 g/mol. The summed E-state index contributed by atoms with van der Waals surface area (Å²) in [6.45, 7) is 6.44. The molecule has 1 aromatic heterocycles. The van der Waals surface area contributed by atoms with Crippen LogP contribution >= 0.6 is 0 Å². The summed E-state index contributed by atoms with van der Waals surface area (Å²) < 4.78 is 45.4. The lowest BCUT2D eigenvalue weighted by Crippen LogP contribution is -2.47. The number of pyridine rings is 1. The molecule has 1 aliphatic rings. The zero-order valence-corrected chi connectivity index (χ0v) is 22.1. The minimum Gasteiger partial charge on any atom is -0.436 e. The van der Waals surface area contributed by atoms with Crippen LogP contribution in [0.15, 0.2) is 42.5 Å². The number of piperazine rings is 1. The molecule has 1 N–H and O–H groups in total. The van der Waals surface area contributed by atoms with Gasteiger partial charge in [-0.1, -0.05) is 12.1 Å². The molecule has 0 aliphatic carbocycles. The number of nitrogens with zero attached hydrogens (tertiary/aromatic N) is 5. The zero-order valence-electron chi connectivity index (χ0n) is 21.3. The van der Waals surface area contributed by atoms with E-state index >= 15 is 0 Å². The molecule has 0 unspecified atom stereocenters.